The average molecular weight is 841 g/mol. The van der Waals surface area contributed by atoms with Crippen LogP contribution in [0.3, 0.4) is 0 Å². The zero-order valence-electron chi connectivity index (χ0n) is 34.0. The maximum atomic E-state index is 14.5. The Morgan fingerprint density at radius 2 is 1.95 bits per heavy atom. The summed E-state index contributed by atoms with van der Waals surface area (Å²) >= 11 is 1.18. The number of esters is 1. The molecule has 2 fully saturated rings. The number of hydrogen-bond acceptors (Lipinski definition) is 10. The summed E-state index contributed by atoms with van der Waals surface area (Å²) in [5.74, 6) is -1.64. The number of nitrogens with zero attached hydrogens (tertiary/aromatic N) is 4. The number of pyridine rings is 1. The molecule has 6 bridgehead atoms. The lowest BCUT2D eigenvalue weighted by atomic mass is 9.84. The quantitative estimate of drug-likeness (QED) is 0.171. The Labute approximate surface area is 348 Å². The average Bonchev–Trinajstić information content (AvgIpc) is 3.49. The molecule has 7 atom stereocenters. The molecule has 5 heterocycles. The summed E-state index contributed by atoms with van der Waals surface area (Å²) in [6, 6.07) is 7.82. The molecule has 3 aromatic heterocycles. The minimum atomic E-state index is -2.84. The lowest BCUT2D eigenvalue weighted by Crippen LogP contribution is -2.61. The molecule has 4 aromatic rings. The van der Waals surface area contributed by atoms with Gasteiger partial charge in [0.05, 0.1) is 29.8 Å². The molecule has 2 N–H and O–H groups in total. The molecule has 1 unspecified atom stereocenters. The summed E-state index contributed by atoms with van der Waals surface area (Å²) in [5.41, 5.74) is 8.60. The van der Waals surface area contributed by atoms with Crippen LogP contribution in [0.15, 0.2) is 41.9 Å². The lowest BCUT2D eigenvalue weighted by molar-refractivity contribution is -0.157. The molecule has 0 radical (unpaired) electrons. The van der Waals surface area contributed by atoms with Crippen LogP contribution in [-0.4, -0.2) is 82.7 Å². The summed E-state index contributed by atoms with van der Waals surface area (Å²) in [5, 5.41) is 7.21. The van der Waals surface area contributed by atoms with E-state index in [2.05, 4.69) is 54.3 Å². The summed E-state index contributed by atoms with van der Waals surface area (Å²) in [7, 11) is 1.66. The van der Waals surface area contributed by atoms with Gasteiger partial charge in [0.25, 0.3) is 12.3 Å². The number of rotatable bonds is 9. The Hall–Kier alpha value is -3.96. The van der Waals surface area contributed by atoms with Crippen molar-refractivity contribution in [3.8, 4) is 22.5 Å². The minimum absolute atomic E-state index is 0. The van der Waals surface area contributed by atoms with Crippen molar-refractivity contribution in [2.45, 2.75) is 98.1 Å². The number of nitrogens with one attached hydrogen (secondary N) is 2. The van der Waals surface area contributed by atoms with Crippen molar-refractivity contribution in [3.05, 3.63) is 58.2 Å². The van der Waals surface area contributed by atoms with Gasteiger partial charge in [-0.05, 0) is 74.8 Å². The first-order valence-corrected chi connectivity index (χ1v) is 20.6. The predicted molar refractivity (Wildman–Crippen MR) is 223 cm³/mol. The maximum Gasteiger partial charge on any atom is 0.324 e. The van der Waals surface area contributed by atoms with Gasteiger partial charge in [-0.1, -0.05) is 33.8 Å². The second-order valence-corrected chi connectivity index (χ2v) is 17.2. The number of alkyl halides is 2. The van der Waals surface area contributed by atoms with Gasteiger partial charge in [-0.25, -0.2) is 19.2 Å². The summed E-state index contributed by atoms with van der Waals surface area (Å²) in [6.07, 6.45) is -1.29. The van der Waals surface area contributed by atoms with Crippen LogP contribution in [0.1, 0.15) is 82.9 Å². The summed E-state index contributed by atoms with van der Waals surface area (Å²) < 4.78 is 47.6. The van der Waals surface area contributed by atoms with Gasteiger partial charge in [-0.15, -0.1) is 11.3 Å². The second kappa shape index (κ2) is 17.7. The number of amides is 2. The number of carbonyl (C=O) groups excluding carboxylic acids is 3. The summed E-state index contributed by atoms with van der Waals surface area (Å²) in [6.45, 7) is 12.1. The molecule has 16 heteroatoms. The first kappa shape index (κ1) is 43.6. The fraction of sp³-hybridized carbons (Fsp3) is 0.548. The van der Waals surface area contributed by atoms with Crippen LogP contribution in [0.25, 0.3) is 33.4 Å². The van der Waals surface area contributed by atoms with Crippen LogP contribution >= 0.6 is 24.8 Å². The van der Waals surface area contributed by atoms with Crippen molar-refractivity contribution < 1.29 is 37.4 Å². The van der Waals surface area contributed by atoms with E-state index in [-0.39, 0.29) is 61.4 Å². The molecule has 0 spiro atoms. The fourth-order valence-electron chi connectivity index (χ4n) is 8.33. The van der Waals surface area contributed by atoms with E-state index < -0.39 is 48.5 Å². The molecule has 314 valence electrons. The molecule has 7 rings (SSSR count). The van der Waals surface area contributed by atoms with Crippen LogP contribution < -0.4 is 10.7 Å². The zero-order chi connectivity index (χ0) is 40.8. The summed E-state index contributed by atoms with van der Waals surface area (Å²) in [4.78, 5) is 51.5. The number of aryl methyl sites for hydroxylation is 1. The number of thiazole rings is 1. The first-order valence-electron chi connectivity index (χ1n) is 19.8. The van der Waals surface area contributed by atoms with Gasteiger partial charge in [-0.3, -0.25) is 24.4 Å². The third kappa shape index (κ3) is 8.67. The molecule has 58 heavy (non-hydrogen) atoms. The van der Waals surface area contributed by atoms with Crippen molar-refractivity contribution in [1.82, 2.24) is 30.3 Å². The Bertz CT molecular complexity index is 2140. The number of fused-ring (bicyclic) bond motifs is 6. The molecule has 1 aromatic carbocycles. The Morgan fingerprint density at radius 3 is 2.64 bits per heavy atom. The number of hydrazine groups is 1. The highest BCUT2D eigenvalue weighted by Gasteiger charge is 2.50. The van der Waals surface area contributed by atoms with Crippen LogP contribution in [0.2, 0.25) is 0 Å². The Balaban J connectivity index is 0.00000567. The maximum absolute atomic E-state index is 14.5. The van der Waals surface area contributed by atoms with E-state index in [0.717, 1.165) is 39.0 Å². The van der Waals surface area contributed by atoms with Gasteiger partial charge in [0, 0.05) is 65.1 Å². The topological polar surface area (TPSA) is 137 Å². The van der Waals surface area contributed by atoms with E-state index in [9.17, 15) is 23.2 Å². The highest BCUT2D eigenvalue weighted by atomic mass is 32.1. The number of aromatic nitrogens is 3. The van der Waals surface area contributed by atoms with E-state index in [1.54, 1.807) is 13.3 Å². The number of methoxy groups -OCH3 is 1. The molecule has 12 nitrogen and oxygen atoms in total. The van der Waals surface area contributed by atoms with E-state index >= 15 is 0 Å². The predicted octanol–water partition coefficient (Wildman–Crippen LogP) is 7.00. The molecule has 2 amide bonds. The van der Waals surface area contributed by atoms with E-state index in [4.69, 9.17) is 24.2 Å². The molecule has 3 aliphatic rings. The van der Waals surface area contributed by atoms with Gasteiger partial charge >= 0.3 is 5.97 Å². The number of benzene rings is 1. The van der Waals surface area contributed by atoms with Crippen molar-refractivity contribution in [2.75, 3.05) is 26.9 Å². The monoisotopic (exact) mass is 840 g/mol. The van der Waals surface area contributed by atoms with Crippen LogP contribution in [-0.2, 0) is 41.6 Å². The lowest BCUT2D eigenvalue weighted by Gasteiger charge is -2.37. The third-order valence-corrected chi connectivity index (χ3v) is 12.7. The molecule has 2 aliphatic heterocycles. The van der Waals surface area contributed by atoms with Gasteiger partial charge in [0.2, 0.25) is 5.91 Å². The largest absolute Gasteiger partial charge is 0.464 e. The zero-order valence-corrected chi connectivity index (χ0v) is 35.8. The Morgan fingerprint density at radius 1 is 1.19 bits per heavy atom. The van der Waals surface area contributed by atoms with Crippen LogP contribution in [0.5, 0.6) is 0 Å². The van der Waals surface area contributed by atoms with Crippen molar-refractivity contribution in [3.63, 3.8) is 0 Å². The molecule has 1 saturated carbocycles. The number of ether oxygens (including phenoxy) is 3. The number of cyclic esters (lactones) is 1. The van der Waals surface area contributed by atoms with Gasteiger partial charge in [0.15, 0.2) is 0 Å². The second-order valence-electron chi connectivity index (χ2n) is 16.3. The number of halogens is 2. The van der Waals surface area contributed by atoms with Gasteiger partial charge in [0.1, 0.15) is 29.8 Å². The van der Waals surface area contributed by atoms with E-state index in [1.807, 2.05) is 38.3 Å². The van der Waals surface area contributed by atoms with Crippen LogP contribution in [0.4, 0.5) is 8.78 Å². The number of hydrogen-bond donors (Lipinski definition) is 2. The van der Waals surface area contributed by atoms with Crippen molar-refractivity contribution >= 4 is 53.5 Å². The fourth-order valence-corrected chi connectivity index (χ4v) is 9.24. The normalized spacial score (nSPS) is 25.2. The van der Waals surface area contributed by atoms with Crippen molar-refractivity contribution in [1.29, 1.82) is 0 Å². The SMILES string of the molecule is CCn1c(-c2cccnc2[C@H](C)OC)c2c3cc(ccc31)-c1csc(n1)[C@@H](OCC(F)F)[C@H](NC(=O)C1[C@@H](C)[C@H]1C)C(=O)N1CCC[C@H](N1)C(=O)OCC(C)(C)C2.S. The van der Waals surface area contributed by atoms with Crippen LogP contribution in [0, 0.1) is 23.2 Å². The van der Waals surface area contributed by atoms with E-state index in [1.165, 1.54) is 16.3 Å². The standard InChI is InChI=1S/C42H52F2N6O6S.H2S/c1-8-49-31-14-13-25-17-27(31)28(36(49)26-11-9-15-45-34(26)24(4)54-7)18-42(5,6)21-56-41(53)29-12-10-16-50(48-29)40(52)35(47-38(51)33-22(2)23(33)3)37(55-19-32(43)44)39-46-30(25)20-57-39;/h9,11,13-15,17,20,22-24,29,32-33,35,37,48H,8,10,12,16,18-19,21H2,1-7H3,(H,47,51);1H2/t22-,23+,24-,29-,33?,35-,37-;/m0./s1. The molecule has 1 saturated heterocycles. The molecule has 1 aliphatic carbocycles. The molecular formula is C42H54F2N6O6S2. The highest BCUT2D eigenvalue weighted by Crippen LogP contribution is 2.46. The third-order valence-electron chi connectivity index (χ3n) is 11.8. The van der Waals surface area contributed by atoms with E-state index in [0.29, 0.717) is 31.5 Å². The van der Waals surface area contributed by atoms with Gasteiger partial charge in [-0.2, -0.15) is 13.5 Å². The van der Waals surface area contributed by atoms with Gasteiger partial charge < -0.3 is 24.1 Å². The smallest absolute Gasteiger partial charge is 0.324 e. The van der Waals surface area contributed by atoms with Crippen molar-refractivity contribution in [2.24, 2.45) is 23.2 Å². The molecular weight excluding hydrogens is 787 g/mol. The Kier molecular flexibility index (Phi) is 13.3. The minimum Gasteiger partial charge on any atom is -0.464 e. The number of carbonyl (C=O) groups is 3. The first-order chi connectivity index (χ1) is 27.2. The highest BCUT2D eigenvalue weighted by molar-refractivity contribution is 7.59.